The molecular formula is C18H36N2O2. The van der Waals surface area contributed by atoms with E-state index in [4.69, 9.17) is 11.5 Å². The largest absolute Gasteiger partial charge is 0.391 e. The van der Waals surface area contributed by atoms with Gasteiger partial charge in [0.25, 0.3) is 0 Å². The van der Waals surface area contributed by atoms with Crippen molar-refractivity contribution in [2.75, 3.05) is 0 Å². The Kier molecular flexibility index (Phi) is 7.84. The molecule has 0 aromatic heterocycles. The molecule has 130 valence electrons. The molecule has 1 rings (SSSR count). The molecule has 5 N–H and O–H groups in total. The Bertz CT molecular complexity index is 340. The summed E-state index contributed by atoms with van der Waals surface area (Å²) in [5.74, 6) is 0.446. The fraction of sp³-hybridized carbons (Fsp3) is 0.944. The maximum Gasteiger partial charge on any atom is 0.223 e. The van der Waals surface area contributed by atoms with Gasteiger partial charge in [-0.25, -0.2) is 0 Å². The molecule has 0 aromatic carbocycles. The second-order valence-electron chi connectivity index (χ2n) is 7.60. The molecular weight excluding hydrogens is 276 g/mol. The van der Waals surface area contributed by atoms with Crippen molar-refractivity contribution in [2.24, 2.45) is 28.7 Å². The summed E-state index contributed by atoms with van der Waals surface area (Å²) in [6, 6.07) is -0.252. The van der Waals surface area contributed by atoms with Crippen LogP contribution in [-0.4, -0.2) is 23.2 Å². The van der Waals surface area contributed by atoms with Gasteiger partial charge in [0.05, 0.1) is 11.5 Å². The number of carbonyl (C=O) groups excluding carboxylic acids is 1. The zero-order valence-electron chi connectivity index (χ0n) is 14.7. The summed E-state index contributed by atoms with van der Waals surface area (Å²) in [5, 5.41) is 10.6. The van der Waals surface area contributed by atoms with Crippen LogP contribution in [0.5, 0.6) is 0 Å². The first-order valence-electron chi connectivity index (χ1n) is 9.07. The van der Waals surface area contributed by atoms with Crippen molar-refractivity contribution in [3.8, 4) is 0 Å². The highest BCUT2D eigenvalue weighted by Crippen LogP contribution is 2.38. The molecule has 0 spiro atoms. The van der Waals surface area contributed by atoms with Gasteiger partial charge in [0, 0.05) is 6.04 Å². The molecule has 0 unspecified atom stereocenters. The van der Waals surface area contributed by atoms with E-state index in [2.05, 4.69) is 6.92 Å². The number of hydrogen-bond acceptors (Lipinski definition) is 3. The third-order valence-electron chi connectivity index (χ3n) is 5.69. The molecule has 1 aliphatic rings. The molecule has 0 radical (unpaired) electrons. The van der Waals surface area contributed by atoms with Gasteiger partial charge < -0.3 is 16.6 Å². The maximum atomic E-state index is 12.1. The van der Waals surface area contributed by atoms with Crippen LogP contribution in [0.2, 0.25) is 0 Å². The van der Waals surface area contributed by atoms with Gasteiger partial charge in [-0.15, -0.1) is 0 Å². The van der Waals surface area contributed by atoms with E-state index in [1.807, 2.05) is 13.8 Å². The number of primary amides is 1. The number of amides is 1. The molecule has 0 bridgehead atoms. The molecule has 4 nitrogen and oxygen atoms in total. The highest BCUT2D eigenvalue weighted by atomic mass is 16.3. The summed E-state index contributed by atoms with van der Waals surface area (Å²) in [7, 11) is 0. The minimum Gasteiger partial charge on any atom is -0.391 e. The van der Waals surface area contributed by atoms with Crippen LogP contribution in [0.4, 0.5) is 0 Å². The lowest BCUT2D eigenvalue weighted by Gasteiger charge is -2.38. The molecule has 0 aliphatic heterocycles. The van der Waals surface area contributed by atoms with Crippen molar-refractivity contribution >= 4 is 5.91 Å². The zero-order chi connectivity index (χ0) is 16.8. The van der Waals surface area contributed by atoms with Crippen LogP contribution in [0.3, 0.4) is 0 Å². The number of hydrogen-bond donors (Lipinski definition) is 3. The van der Waals surface area contributed by atoms with E-state index in [0.717, 1.165) is 12.8 Å². The summed E-state index contributed by atoms with van der Waals surface area (Å²) in [6.45, 7) is 6.08. The van der Waals surface area contributed by atoms with E-state index in [1.54, 1.807) is 0 Å². The fourth-order valence-corrected chi connectivity index (χ4v) is 4.07. The first kappa shape index (κ1) is 19.4. The van der Waals surface area contributed by atoms with Crippen LogP contribution in [0.15, 0.2) is 0 Å². The molecule has 0 aromatic rings. The van der Waals surface area contributed by atoms with Crippen LogP contribution >= 0.6 is 0 Å². The number of carbonyl (C=O) groups is 1. The van der Waals surface area contributed by atoms with E-state index in [-0.39, 0.29) is 17.9 Å². The third-order valence-corrected chi connectivity index (χ3v) is 5.69. The Morgan fingerprint density at radius 1 is 1.27 bits per heavy atom. The van der Waals surface area contributed by atoms with Gasteiger partial charge in [-0.3, -0.25) is 4.79 Å². The Labute approximate surface area is 136 Å². The van der Waals surface area contributed by atoms with Crippen LogP contribution in [-0.2, 0) is 4.79 Å². The minimum atomic E-state index is -0.650. The van der Waals surface area contributed by atoms with E-state index < -0.39 is 11.5 Å². The summed E-state index contributed by atoms with van der Waals surface area (Å²) >= 11 is 0. The quantitative estimate of drug-likeness (QED) is 0.611. The van der Waals surface area contributed by atoms with Crippen LogP contribution in [0.25, 0.3) is 0 Å². The van der Waals surface area contributed by atoms with Gasteiger partial charge in [-0.05, 0) is 31.1 Å². The molecule has 0 saturated heterocycles. The number of rotatable bonds is 9. The monoisotopic (exact) mass is 312 g/mol. The summed E-state index contributed by atoms with van der Waals surface area (Å²) in [6.07, 6.45) is 8.52. The van der Waals surface area contributed by atoms with Crippen LogP contribution in [0.1, 0.15) is 78.6 Å². The predicted molar refractivity (Wildman–Crippen MR) is 91.2 cm³/mol. The van der Waals surface area contributed by atoms with Crippen molar-refractivity contribution in [3.63, 3.8) is 0 Å². The molecule has 1 fully saturated rings. The average molecular weight is 312 g/mol. The van der Waals surface area contributed by atoms with Gasteiger partial charge in [0.2, 0.25) is 5.91 Å². The van der Waals surface area contributed by atoms with Gasteiger partial charge >= 0.3 is 0 Å². The molecule has 1 saturated carbocycles. The standard InChI is InChI=1S/C18H36N2O2/c1-4-10-18(13(2)3,17(20)22)12-16(21)15(19)11-14-8-6-5-7-9-14/h13-16,21H,4-12,19H2,1-3H3,(H2,20,22)/t15-,16-,18-/m0/s1. The molecule has 1 aliphatic carbocycles. The van der Waals surface area contributed by atoms with Gasteiger partial charge in [-0.1, -0.05) is 59.3 Å². The average Bonchev–Trinajstić information content (AvgIpc) is 2.47. The van der Waals surface area contributed by atoms with Crippen molar-refractivity contribution in [1.82, 2.24) is 0 Å². The molecule has 4 heteroatoms. The second-order valence-corrected chi connectivity index (χ2v) is 7.60. The number of nitrogens with two attached hydrogens (primary N) is 2. The molecule has 22 heavy (non-hydrogen) atoms. The second kappa shape index (κ2) is 8.88. The minimum absolute atomic E-state index is 0.112. The van der Waals surface area contributed by atoms with Crippen molar-refractivity contribution < 1.29 is 9.90 Å². The lowest BCUT2D eigenvalue weighted by atomic mass is 9.68. The Morgan fingerprint density at radius 2 is 1.86 bits per heavy atom. The number of aliphatic hydroxyl groups excluding tert-OH is 1. The van der Waals surface area contributed by atoms with Gasteiger partial charge in [0.15, 0.2) is 0 Å². The van der Waals surface area contributed by atoms with Crippen molar-refractivity contribution in [2.45, 2.75) is 90.7 Å². The van der Waals surface area contributed by atoms with Crippen molar-refractivity contribution in [1.29, 1.82) is 0 Å². The summed E-state index contributed by atoms with van der Waals surface area (Å²) < 4.78 is 0. The first-order valence-corrected chi connectivity index (χ1v) is 9.07. The smallest absolute Gasteiger partial charge is 0.223 e. The van der Waals surface area contributed by atoms with E-state index in [9.17, 15) is 9.90 Å². The first-order chi connectivity index (χ1) is 10.3. The van der Waals surface area contributed by atoms with Gasteiger partial charge in [0.1, 0.15) is 0 Å². The molecule has 1 amide bonds. The Hall–Kier alpha value is -0.610. The topological polar surface area (TPSA) is 89.3 Å². The SMILES string of the molecule is CCC[C@@](C[C@H](O)[C@@H](N)CC1CCCCC1)(C(N)=O)C(C)C. The maximum absolute atomic E-state index is 12.1. The van der Waals surface area contributed by atoms with E-state index in [1.165, 1.54) is 32.1 Å². The zero-order valence-corrected chi connectivity index (χ0v) is 14.7. The number of aliphatic hydroxyl groups is 1. The molecule has 0 heterocycles. The van der Waals surface area contributed by atoms with E-state index in [0.29, 0.717) is 18.8 Å². The van der Waals surface area contributed by atoms with E-state index >= 15 is 0 Å². The fourth-order valence-electron chi connectivity index (χ4n) is 4.07. The summed E-state index contributed by atoms with van der Waals surface area (Å²) in [5.41, 5.74) is 11.3. The Morgan fingerprint density at radius 3 is 2.32 bits per heavy atom. The normalized spacial score (nSPS) is 22.3. The highest BCUT2D eigenvalue weighted by molar-refractivity contribution is 5.81. The molecule has 3 atom stereocenters. The lowest BCUT2D eigenvalue weighted by molar-refractivity contribution is -0.133. The van der Waals surface area contributed by atoms with Gasteiger partial charge in [-0.2, -0.15) is 0 Å². The third kappa shape index (κ3) is 4.95. The predicted octanol–water partition coefficient (Wildman–Crippen LogP) is 2.96. The van der Waals surface area contributed by atoms with Crippen molar-refractivity contribution in [3.05, 3.63) is 0 Å². The lowest BCUT2D eigenvalue weighted by Crippen LogP contribution is -2.48. The Balaban J connectivity index is 2.68. The highest BCUT2D eigenvalue weighted by Gasteiger charge is 2.41. The summed E-state index contributed by atoms with van der Waals surface area (Å²) in [4.78, 5) is 12.1. The van der Waals surface area contributed by atoms with Crippen LogP contribution in [0, 0.1) is 17.3 Å². The van der Waals surface area contributed by atoms with Crippen LogP contribution < -0.4 is 11.5 Å².